The Kier molecular flexibility index (Phi) is 8.64. The molecule has 0 aliphatic carbocycles. The Morgan fingerprint density at radius 3 is 2.07 bits per heavy atom. The van der Waals surface area contributed by atoms with Crippen LogP contribution < -0.4 is 5.32 Å². The van der Waals surface area contributed by atoms with Gasteiger partial charge in [-0.05, 0) is 38.5 Å². The first-order valence-electron chi connectivity index (χ1n) is 9.44. The van der Waals surface area contributed by atoms with Gasteiger partial charge in [0, 0.05) is 23.9 Å². The second-order valence-corrected chi connectivity index (χ2v) is 8.02. The highest BCUT2D eigenvalue weighted by molar-refractivity contribution is 7.99. The van der Waals surface area contributed by atoms with E-state index in [9.17, 15) is 18.4 Å². The first kappa shape index (κ1) is 22.9. The van der Waals surface area contributed by atoms with Crippen LogP contribution in [-0.2, 0) is 21.9 Å². The molecular weight excluding hydrogens is 394 g/mol. The average molecular weight is 421 g/mol. The number of rotatable bonds is 9. The molecule has 0 aliphatic heterocycles. The summed E-state index contributed by atoms with van der Waals surface area (Å²) in [5, 5.41) is 2.78. The predicted molar refractivity (Wildman–Crippen MR) is 112 cm³/mol. The van der Waals surface area contributed by atoms with Gasteiger partial charge >= 0.3 is 0 Å². The van der Waals surface area contributed by atoms with E-state index in [1.165, 1.54) is 28.8 Å². The molecule has 7 heteroatoms. The lowest BCUT2D eigenvalue weighted by Gasteiger charge is -2.29. The summed E-state index contributed by atoms with van der Waals surface area (Å²) in [6, 6.07) is 11.7. The maximum atomic E-state index is 14.1. The normalized spacial score (nSPS) is 11.9. The number of carbonyl (C=O) groups is 2. The number of benzene rings is 2. The van der Waals surface area contributed by atoms with E-state index < -0.39 is 11.9 Å². The monoisotopic (exact) mass is 420 g/mol. The lowest BCUT2D eigenvalue weighted by atomic mass is 10.1. The van der Waals surface area contributed by atoms with E-state index >= 15 is 0 Å². The highest BCUT2D eigenvalue weighted by atomic mass is 32.2. The van der Waals surface area contributed by atoms with Gasteiger partial charge in [-0.15, -0.1) is 11.8 Å². The number of halogens is 2. The van der Waals surface area contributed by atoms with Crippen molar-refractivity contribution in [3.63, 3.8) is 0 Å². The Balaban J connectivity index is 2.10. The summed E-state index contributed by atoms with van der Waals surface area (Å²) < 4.78 is 27.9. The molecule has 2 aromatic rings. The zero-order valence-corrected chi connectivity index (χ0v) is 17.6. The van der Waals surface area contributed by atoms with Crippen LogP contribution in [0.5, 0.6) is 0 Å². The molecule has 0 heterocycles. The molecule has 0 fully saturated rings. The summed E-state index contributed by atoms with van der Waals surface area (Å²) in [5.74, 6) is -0.966. The Morgan fingerprint density at radius 1 is 0.966 bits per heavy atom. The van der Waals surface area contributed by atoms with Gasteiger partial charge in [-0.1, -0.05) is 36.4 Å². The zero-order chi connectivity index (χ0) is 21.4. The molecule has 0 aromatic heterocycles. The van der Waals surface area contributed by atoms with E-state index in [0.29, 0.717) is 16.9 Å². The van der Waals surface area contributed by atoms with Gasteiger partial charge in [0.1, 0.15) is 17.7 Å². The van der Waals surface area contributed by atoms with Gasteiger partial charge in [0.15, 0.2) is 0 Å². The van der Waals surface area contributed by atoms with E-state index in [-0.39, 0.29) is 36.0 Å². The second kappa shape index (κ2) is 11.0. The van der Waals surface area contributed by atoms with Crippen molar-refractivity contribution in [2.75, 3.05) is 5.75 Å². The fraction of sp³-hybridized carbons (Fsp3) is 0.364. The van der Waals surface area contributed by atoms with Crippen LogP contribution in [0.25, 0.3) is 0 Å². The smallest absolute Gasteiger partial charge is 0.242 e. The van der Waals surface area contributed by atoms with Crippen molar-refractivity contribution in [2.24, 2.45) is 0 Å². The predicted octanol–water partition coefficient (Wildman–Crippen LogP) is 4.14. The molecular formula is C22H26F2N2O2S. The quantitative estimate of drug-likeness (QED) is 0.663. The molecule has 0 unspecified atom stereocenters. The molecule has 2 aromatic carbocycles. The first-order valence-corrected chi connectivity index (χ1v) is 10.6. The van der Waals surface area contributed by atoms with Crippen LogP contribution >= 0.6 is 11.8 Å². The summed E-state index contributed by atoms with van der Waals surface area (Å²) in [4.78, 5) is 26.7. The third kappa shape index (κ3) is 6.85. The molecule has 156 valence electrons. The Morgan fingerprint density at radius 2 is 1.52 bits per heavy atom. The summed E-state index contributed by atoms with van der Waals surface area (Å²) in [6.45, 7) is 5.27. The molecule has 0 bridgehead atoms. The van der Waals surface area contributed by atoms with Crippen LogP contribution in [0.4, 0.5) is 8.78 Å². The molecule has 0 spiro atoms. The van der Waals surface area contributed by atoms with Gasteiger partial charge in [-0.2, -0.15) is 0 Å². The minimum Gasteiger partial charge on any atom is -0.352 e. The summed E-state index contributed by atoms with van der Waals surface area (Å²) in [5.41, 5.74) is 0.848. The molecule has 0 aliphatic rings. The topological polar surface area (TPSA) is 49.4 Å². The molecule has 2 rings (SSSR count). The number of carbonyl (C=O) groups excluding carboxylic acids is 2. The fourth-order valence-corrected chi connectivity index (χ4v) is 3.64. The molecule has 0 saturated carbocycles. The minimum atomic E-state index is -0.765. The lowest BCUT2D eigenvalue weighted by Crippen LogP contribution is -2.49. The van der Waals surface area contributed by atoms with Crippen molar-refractivity contribution in [1.82, 2.24) is 10.2 Å². The van der Waals surface area contributed by atoms with Gasteiger partial charge in [-0.25, -0.2) is 8.78 Å². The highest BCUT2D eigenvalue weighted by Gasteiger charge is 2.27. The van der Waals surface area contributed by atoms with Crippen molar-refractivity contribution >= 4 is 23.6 Å². The van der Waals surface area contributed by atoms with Crippen LogP contribution in [-0.4, -0.2) is 34.6 Å². The van der Waals surface area contributed by atoms with Crippen LogP contribution in [0.1, 0.15) is 31.9 Å². The van der Waals surface area contributed by atoms with Crippen molar-refractivity contribution < 1.29 is 18.4 Å². The Labute approximate surface area is 174 Å². The molecule has 29 heavy (non-hydrogen) atoms. The molecule has 1 atom stereocenters. The zero-order valence-electron chi connectivity index (χ0n) is 16.8. The van der Waals surface area contributed by atoms with Gasteiger partial charge < -0.3 is 10.2 Å². The van der Waals surface area contributed by atoms with Gasteiger partial charge in [-0.3, -0.25) is 9.59 Å². The fourth-order valence-electron chi connectivity index (χ4n) is 2.74. The molecule has 1 N–H and O–H groups in total. The highest BCUT2D eigenvalue weighted by Crippen LogP contribution is 2.18. The minimum absolute atomic E-state index is 0.0154. The number of thioether (sulfide) groups is 1. The molecule has 0 radical (unpaired) electrons. The summed E-state index contributed by atoms with van der Waals surface area (Å²) in [7, 11) is 0. The van der Waals surface area contributed by atoms with E-state index in [1.807, 2.05) is 13.8 Å². The number of hydrogen-bond donors (Lipinski definition) is 1. The van der Waals surface area contributed by atoms with E-state index in [4.69, 9.17) is 0 Å². The van der Waals surface area contributed by atoms with E-state index in [2.05, 4.69) is 5.32 Å². The van der Waals surface area contributed by atoms with Crippen molar-refractivity contribution in [1.29, 1.82) is 0 Å². The maximum Gasteiger partial charge on any atom is 0.242 e. The number of hydrogen-bond acceptors (Lipinski definition) is 3. The third-order valence-electron chi connectivity index (χ3n) is 4.34. The van der Waals surface area contributed by atoms with Crippen LogP contribution in [0.3, 0.4) is 0 Å². The van der Waals surface area contributed by atoms with E-state index in [0.717, 1.165) is 0 Å². The lowest BCUT2D eigenvalue weighted by molar-refractivity contribution is -0.138. The van der Waals surface area contributed by atoms with Crippen LogP contribution in [0.15, 0.2) is 48.5 Å². The Hall–Kier alpha value is -2.41. The van der Waals surface area contributed by atoms with Crippen molar-refractivity contribution in [3.05, 3.63) is 71.3 Å². The molecule has 4 nitrogen and oxygen atoms in total. The van der Waals surface area contributed by atoms with Crippen molar-refractivity contribution in [2.45, 2.75) is 45.2 Å². The van der Waals surface area contributed by atoms with Crippen LogP contribution in [0.2, 0.25) is 0 Å². The van der Waals surface area contributed by atoms with E-state index in [1.54, 1.807) is 43.3 Å². The molecule has 0 saturated heterocycles. The average Bonchev–Trinajstić information content (AvgIpc) is 2.67. The largest absolute Gasteiger partial charge is 0.352 e. The number of amides is 2. The number of nitrogens with zero attached hydrogens (tertiary/aromatic N) is 1. The molecule has 2 amide bonds. The maximum absolute atomic E-state index is 14.1. The van der Waals surface area contributed by atoms with Gasteiger partial charge in [0.25, 0.3) is 0 Å². The van der Waals surface area contributed by atoms with Crippen molar-refractivity contribution in [3.8, 4) is 0 Å². The van der Waals surface area contributed by atoms with Gasteiger partial charge in [0.05, 0.1) is 5.75 Å². The number of nitrogens with one attached hydrogen (secondary N) is 1. The SMILES string of the molecule is CC(C)NC(=O)[C@@H](C)N(Cc1ccccc1F)C(=O)CSCc1ccccc1F. The summed E-state index contributed by atoms with van der Waals surface area (Å²) in [6.07, 6.45) is 0. The standard InChI is InChI=1S/C22H26F2N2O2S/c1-15(2)25-22(28)16(3)26(12-17-8-4-6-10-19(17)23)21(27)14-29-13-18-9-5-7-11-20(18)24/h4-11,15-16H,12-14H2,1-3H3,(H,25,28)/t16-/m1/s1. The summed E-state index contributed by atoms with van der Waals surface area (Å²) >= 11 is 1.26. The second-order valence-electron chi connectivity index (χ2n) is 7.04. The first-order chi connectivity index (χ1) is 13.8. The van der Waals surface area contributed by atoms with Gasteiger partial charge in [0.2, 0.25) is 11.8 Å². The third-order valence-corrected chi connectivity index (χ3v) is 5.30. The Bertz CT molecular complexity index is 845. The van der Waals surface area contributed by atoms with Crippen LogP contribution in [0, 0.1) is 11.6 Å².